The highest BCUT2D eigenvalue weighted by molar-refractivity contribution is 7.80. The lowest BCUT2D eigenvalue weighted by atomic mass is 10.1. The van der Waals surface area contributed by atoms with Gasteiger partial charge in [-0.25, -0.2) is 4.39 Å². The molecule has 1 aromatic carbocycles. The maximum atomic E-state index is 14.1. The van der Waals surface area contributed by atoms with Gasteiger partial charge >= 0.3 is 0 Å². The molecule has 1 heterocycles. The van der Waals surface area contributed by atoms with E-state index >= 15 is 0 Å². The zero-order chi connectivity index (χ0) is 17.5. The third-order valence-electron chi connectivity index (χ3n) is 3.31. The number of halogens is 1. The highest BCUT2D eigenvalue weighted by Crippen LogP contribution is 2.23. The van der Waals surface area contributed by atoms with E-state index in [9.17, 15) is 9.65 Å². The number of nitriles is 1. The van der Waals surface area contributed by atoms with E-state index < -0.39 is 0 Å². The summed E-state index contributed by atoms with van der Waals surface area (Å²) in [6.07, 6.45) is 5.33. The van der Waals surface area contributed by atoms with E-state index in [0.29, 0.717) is 36.6 Å². The fraction of sp³-hybridized carbons (Fsp3) is 0.250. The number of ether oxygens (including phenoxy) is 1. The molecule has 0 aromatic heterocycles. The van der Waals surface area contributed by atoms with Gasteiger partial charge in [0.25, 0.3) is 0 Å². The van der Waals surface area contributed by atoms with Crippen LogP contribution in [0.15, 0.2) is 42.5 Å². The van der Waals surface area contributed by atoms with Crippen molar-refractivity contribution in [3.8, 4) is 11.8 Å². The van der Waals surface area contributed by atoms with Gasteiger partial charge in [0, 0.05) is 24.5 Å². The molecule has 0 bridgehead atoms. The van der Waals surface area contributed by atoms with Crippen LogP contribution in [0, 0.1) is 17.1 Å². The van der Waals surface area contributed by atoms with Crippen LogP contribution in [0.5, 0.6) is 5.75 Å². The number of rotatable bonds is 6. The molecule has 0 saturated heterocycles. The van der Waals surface area contributed by atoms with Crippen LogP contribution < -0.4 is 15.9 Å². The number of benzene rings is 1. The predicted molar refractivity (Wildman–Crippen MR) is 92.6 cm³/mol. The molecule has 8 heteroatoms. The summed E-state index contributed by atoms with van der Waals surface area (Å²) in [5.74, 6) is 0.207. The average Bonchev–Trinajstić information content (AvgIpc) is 2.55. The van der Waals surface area contributed by atoms with E-state index in [-0.39, 0.29) is 10.9 Å². The summed E-state index contributed by atoms with van der Waals surface area (Å²) in [7, 11) is 0. The molecular weight excluding hydrogens is 329 g/mol. The van der Waals surface area contributed by atoms with Crippen molar-refractivity contribution in [1.82, 2.24) is 15.3 Å². The first-order valence-electron chi connectivity index (χ1n) is 7.36. The first-order chi connectivity index (χ1) is 11.5. The molecule has 24 heavy (non-hydrogen) atoms. The van der Waals surface area contributed by atoms with Crippen molar-refractivity contribution in [3.05, 3.63) is 53.9 Å². The zero-order valence-corrected chi connectivity index (χ0v) is 14.0. The summed E-state index contributed by atoms with van der Waals surface area (Å²) in [5, 5.41) is 10.9. The maximum Gasteiger partial charge on any atom is 0.183 e. The Bertz CT molecular complexity index is 713. The van der Waals surface area contributed by atoms with Crippen LogP contribution in [-0.4, -0.2) is 28.2 Å². The van der Waals surface area contributed by atoms with E-state index in [1.165, 1.54) is 11.1 Å². The largest absolute Gasteiger partial charge is 0.493 e. The van der Waals surface area contributed by atoms with Crippen molar-refractivity contribution >= 4 is 17.3 Å². The third-order valence-corrected chi connectivity index (χ3v) is 3.40. The Hall–Kier alpha value is -2.79. The summed E-state index contributed by atoms with van der Waals surface area (Å²) in [6.45, 7) is 2.74. The van der Waals surface area contributed by atoms with Crippen LogP contribution in [-0.2, 0) is 6.42 Å². The highest BCUT2D eigenvalue weighted by Gasteiger charge is 2.16. The van der Waals surface area contributed by atoms with Crippen LogP contribution in [0.2, 0.25) is 0 Å². The van der Waals surface area contributed by atoms with Gasteiger partial charge in [0.05, 0.1) is 12.8 Å². The molecule has 3 N–H and O–H groups in total. The van der Waals surface area contributed by atoms with Gasteiger partial charge in [0.1, 0.15) is 23.3 Å². The van der Waals surface area contributed by atoms with E-state index in [0.717, 1.165) is 0 Å². The first-order valence-corrected chi connectivity index (χ1v) is 7.77. The van der Waals surface area contributed by atoms with Crippen LogP contribution in [0.3, 0.4) is 0 Å². The minimum absolute atomic E-state index is 0.0920. The number of nitrogens with two attached hydrogens (primary N) is 1. The van der Waals surface area contributed by atoms with Crippen LogP contribution >= 0.6 is 12.2 Å². The number of nitrogens with zero attached hydrogens (tertiary/aromatic N) is 3. The molecule has 126 valence electrons. The number of nitrogens with one attached hydrogen (secondary N) is 1. The molecular formula is C16H18FN5OS. The number of thiocarbonyl (C=S) groups is 1. The molecule has 0 radical (unpaired) electrons. The molecule has 2 rings (SSSR count). The second-order valence-corrected chi connectivity index (χ2v) is 5.34. The number of hydrogen-bond donors (Lipinski definition) is 2. The molecule has 1 aliphatic heterocycles. The normalized spacial score (nSPS) is 13.3. The Morgan fingerprint density at radius 1 is 1.46 bits per heavy atom. The Labute approximate surface area is 145 Å². The van der Waals surface area contributed by atoms with Crippen LogP contribution in [0.25, 0.3) is 0 Å². The fourth-order valence-corrected chi connectivity index (χ4v) is 2.38. The number of allylic oxidation sites excluding steroid dienone is 1. The molecule has 0 amide bonds. The molecule has 6 nitrogen and oxygen atoms in total. The molecule has 0 unspecified atom stereocenters. The van der Waals surface area contributed by atoms with E-state index in [4.69, 9.17) is 22.7 Å². The minimum Gasteiger partial charge on any atom is -0.493 e. The molecule has 0 fully saturated rings. The van der Waals surface area contributed by atoms with Gasteiger partial charge in [-0.15, -0.1) is 0 Å². The fourth-order valence-electron chi connectivity index (χ4n) is 2.27. The van der Waals surface area contributed by atoms with Gasteiger partial charge in [-0.05, 0) is 37.7 Å². The lowest BCUT2D eigenvalue weighted by Crippen LogP contribution is -2.41. The Morgan fingerprint density at radius 2 is 2.25 bits per heavy atom. The molecule has 0 saturated carbocycles. The third kappa shape index (κ3) is 4.36. The summed E-state index contributed by atoms with van der Waals surface area (Å²) in [5.41, 5.74) is 8.98. The Morgan fingerprint density at radius 3 is 2.92 bits per heavy atom. The van der Waals surface area contributed by atoms with Gasteiger partial charge in [0.15, 0.2) is 5.11 Å². The van der Waals surface area contributed by atoms with Gasteiger partial charge in [-0.3, -0.25) is 10.4 Å². The Balaban J connectivity index is 2.09. The Kier molecular flexibility index (Phi) is 5.98. The maximum absolute atomic E-state index is 14.1. The second-order valence-electron chi connectivity index (χ2n) is 4.90. The van der Waals surface area contributed by atoms with Crippen molar-refractivity contribution in [2.24, 2.45) is 5.73 Å². The van der Waals surface area contributed by atoms with Crippen LogP contribution in [0.1, 0.15) is 12.5 Å². The smallest absolute Gasteiger partial charge is 0.183 e. The van der Waals surface area contributed by atoms with E-state index in [1.807, 2.05) is 6.92 Å². The van der Waals surface area contributed by atoms with Gasteiger partial charge in [0.2, 0.25) is 0 Å². The lowest BCUT2D eigenvalue weighted by Gasteiger charge is -2.28. The first kappa shape index (κ1) is 17.6. The average molecular weight is 347 g/mol. The predicted octanol–water partition coefficient (Wildman–Crippen LogP) is 1.97. The van der Waals surface area contributed by atoms with Crippen molar-refractivity contribution in [2.75, 3.05) is 13.2 Å². The highest BCUT2D eigenvalue weighted by atomic mass is 32.1. The molecule has 1 aromatic rings. The lowest BCUT2D eigenvalue weighted by molar-refractivity contribution is 0.330. The minimum atomic E-state index is -0.318. The quantitative estimate of drug-likeness (QED) is 0.762. The second kappa shape index (κ2) is 8.17. The summed E-state index contributed by atoms with van der Waals surface area (Å²) >= 11 is 4.76. The number of hydrogen-bond acceptors (Lipinski definition) is 5. The monoisotopic (exact) mass is 347 g/mol. The van der Waals surface area contributed by atoms with Crippen molar-refractivity contribution in [1.29, 1.82) is 5.26 Å². The summed E-state index contributed by atoms with van der Waals surface area (Å²) in [4.78, 5) is 1.72. The number of hydrazine groups is 1. The van der Waals surface area contributed by atoms with Crippen LogP contribution in [0.4, 0.5) is 4.39 Å². The molecule has 0 spiro atoms. The molecule has 1 aliphatic rings. The van der Waals surface area contributed by atoms with E-state index in [1.54, 1.807) is 35.6 Å². The topological polar surface area (TPSA) is 77.6 Å². The molecule has 0 aliphatic carbocycles. The SMILES string of the molecule is CCOc1cccc(F)c1CCN1C=CN(NC(N)=S)C=C1C#N. The van der Waals surface area contributed by atoms with Crippen molar-refractivity contribution < 1.29 is 9.13 Å². The summed E-state index contributed by atoms with van der Waals surface area (Å²) < 4.78 is 19.5. The van der Waals surface area contributed by atoms with Gasteiger partial charge < -0.3 is 15.4 Å². The standard InChI is InChI=1S/C16H18FN5OS/c1-2-23-15-5-3-4-14(17)13(15)6-7-21-8-9-22(20-16(19)24)11-12(21)10-18/h3-5,8-9,11H,2,6-7H2,1H3,(H3,19,20,24). The van der Waals surface area contributed by atoms with Crippen molar-refractivity contribution in [2.45, 2.75) is 13.3 Å². The molecule has 0 atom stereocenters. The van der Waals surface area contributed by atoms with Gasteiger partial charge in [-0.1, -0.05) is 6.07 Å². The van der Waals surface area contributed by atoms with Crippen molar-refractivity contribution in [3.63, 3.8) is 0 Å². The van der Waals surface area contributed by atoms with E-state index in [2.05, 4.69) is 11.5 Å². The van der Waals surface area contributed by atoms with Gasteiger partial charge in [-0.2, -0.15) is 5.26 Å². The summed E-state index contributed by atoms with van der Waals surface area (Å²) in [6, 6.07) is 6.85. The zero-order valence-electron chi connectivity index (χ0n) is 13.2.